The van der Waals surface area contributed by atoms with Gasteiger partial charge in [-0.2, -0.15) is 13.9 Å². The minimum Gasteiger partial charge on any atom is -0.465 e. The van der Waals surface area contributed by atoms with E-state index < -0.39 is 54.6 Å². The average Bonchev–Trinajstić information content (AvgIpc) is 3.13. The van der Waals surface area contributed by atoms with E-state index in [0.717, 1.165) is 25.7 Å². The predicted molar refractivity (Wildman–Crippen MR) is 189 cm³/mol. The Morgan fingerprint density at radius 2 is 1.04 bits per heavy atom. The van der Waals surface area contributed by atoms with Gasteiger partial charge in [-0.05, 0) is 30.5 Å². The van der Waals surface area contributed by atoms with Crippen LogP contribution in [-0.4, -0.2) is 18.6 Å². The van der Waals surface area contributed by atoms with Gasteiger partial charge in [-0.1, -0.05) is 152 Å². The van der Waals surface area contributed by atoms with E-state index in [4.69, 9.17) is 13.8 Å². The SMILES string of the molecule is CCCCCCCCCCCCCCCCCCOC(=O)[C@H](Cc1ccccc1)N[P@](=O)(Oc1ccccc1)Oc1c(F)c(F)c(F)c(F)c1F. The molecular formula is C39H51F5NO5P. The van der Waals surface area contributed by atoms with E-state index in [0.29, 0.717) is 12.0 Å². The molecular weight excluding hydrogens is 688 g/mol. The van der Waals surface area contributed by atoms with E-state index in [1.54, 1.807) is 36.4 Å². The van der Waals surface area contributed by atoms with Gasteiger partial charge in [0, 0.05) is 0 Å². The number of hydrogen-bond acceptors (Lipinski definition) is 5. The Balaban J connectivity index is 1.54. The highest BCUT2D eigenvalue weighted by atomic mass is 31.2. The van der Waals surface area contributed by atoms with E-state index in [1.165, 1.54) is 94.9 Å². The van der Waals surface area contributed by atoms with Crippen LogP contribution in [0.15, 0.2) is 60.7 Å². The zero-order valence-electron chi connectivity index (χ0n) is 29.5. The summed E-state index contributed by atoms with van der Waals surface area (Å²) in [5.41, 5.74) is 0.594. The lowest BCUT2D eigenvalue weighted by Crippen LogP contribution is -2.40. The molecule has 0 saturated carbocycles. The van der Waals surface area contributed by atoms with Crippen molar-refractivity contribution < 1.29 is 45.1 Å². The van der Waals surface area contributed by atoms with Gasteiger partial charge < -0.3 is 13.8 Å². The molecule has 0 saturated heterocycles. The van der Waals surface area contributed by atoms with E-state index in [-0.39, 0.29) is 18.8 Å². The van der Waals surface area contributed by atoms with Gasteiger partial charge in [-0.3, -0.25) is 4.79 Å². The van der Waals surface area contributed by atoms with Crippen molar-refractivity contribution in [3.8, 4) is 11.5 Å². The summed E-state index contributed by atoms with van der Waals surface area (Å²) in [6.07, 6.45) is 18.9. The van der Waals surface area contributed by atoms with Crippen molar-refractivity contribution in [2.24, 2.45) is 0 Å². The second-order valence-corrected chi connectivity index (χ2v) is 14.4. The number of hydrogen-bond donors (Lipinski definition) is 1. The Morgan fingerprint density at radius 1 is 0.608 bits per heavy atom. The van der Waals surface area contributed by atoms with Gasteiger partial charge in [-0.15, -0.1) is 0 Å². The van der Waals surface area contributed by atoms with Crippen LogP contribution in [0.2, 0.25) is 0 Å². The molecule has 0 bridgehead atoms. The molecule has 0 heterocycles. The molecule has 3 aromatic carbocycles. The first-order chi connectivity index (χ1) is 24.6. The third-order valence-corrected chi connectivity index (χ3v) is 9.98. The molecule has 0 aliphatic rings. The summed E-state index contributed by atoms with van der Waals surface area (Å²) in [6, 6.07) is 14.3. The molecule has 0 fully saturated rings. The first-order valence-electron chi connectivity index (χ1n) is 18.2. The number of halogens is 5. The van der Waals surface area contributed by atoms with Crippen molar-refractivity contribution in [2.45, 2.75) is 122 Å². The lowest BCUT2D eigenvalue weighted by atomic mass is 10.0. The highest BCUT2D eigenvalue weighted by Gasteiger charge is 2.39. The van der Waals surface area contributed by atoms with Crippen molar-refractivity contribution in [2.75, 3.05) is 6.61 Å². The molecule has 1 N–H and O–H groups in total. The van der Waals surface area contributed by atoms with E-state index in [9.17, 15) is 31.3 Å². The maximum atomic E-state index is 14.6. The van der Waals surface area contributed by atoms with Crippen LogP contribution in [0.3, 0.4) is 0 Å². The minimum absolute atomic E-state index is 0.0621. The Hall–Kier alpha value is -3.43. The van der Waals surface area contributed by atoms with Gasteiger partial charge >= 0.3 is 13.7 Å². The lowest BCUT2D eigenvalue weighted by Gasteiger charge is -2.25. The Morgan fingerprint density at radius 3 is 1.53 bits per heavy atom. The molecule has 6 nitrogen and oxygen atoms in total. The van der Waals surface area contributed by atoms with Crippen LogP contribution in [0.4, 0.5) is 22.0 Å². The number of ether oxygens (including phenoxy) is 1. The Labute approximate surface area is 299 Å². The summed E-state index contributed by atoms with van der Waals surface area (Å²) in [5, 5.41) is 2.36. The van der Waals surface area contributed by atoms with E-state index >= 15 is 0 Å². The normalized spacial score (nSPS) is 13.1. The van der Waals surface area contributed by atoms with Crippen LogP contribution in [0.25, 0.3) is 0 Å². The molecule has 3 rings (SSSR count). The third-order valence-electron chi connectivity index (χ3n) is 8.47. The molecule has 0 amide bonds. The number of nitrogens with one attached hydrogen (secondary N) is 1. The third kappa shape index (κ3) is 15.0. The highest BCUT2D eigenvalue weighted by Crippen LogP contribution is 2.48. The Kier molecular flexibility index (Phi) is 19.1. The molecule has 12 heteroatoms. The standard InChI is InChI=1S/C39H51F5NO5P/c1-2-3-4-5-6-7-8-9-10-11-12-13-14-15-16-23-28-48-39(46)32(29-30-24-19-17-20-25-30)45-51(47,49-31-26-21-18-22-27-31)50-38-36(43)34(41)33(40)35(42)37(38)44/h17-22,24-27,32H,2-16,23,28-29H2,1H3,(H,45,47)/t32-,51-/m0/s1. The van der Waals surface area contributed by atoms with Crippen LogP contribution in [0.5, 0.6) is 11.5 Å². The van der Waals surface area contributed by atoms with Gasteiger partial charge in [0.2, 0.25) is 34.8 Å². The number of benzene rings is 3. The summed E-state index contributed by atoms with van der Waals surface area (Å²) in [6.45, 7) is 2.30. The van der Waals surface area contributed by atoms with Crippen molar-refractivity contribution >= 4 is 13.7 Å². The predicted octanol–water partition coefficient (Wildman–Crippen LogP) is 12.0. The summed E-state index contributed by atoms with van der Waals surface area (Å²) >= 11 is 0. The first-order valence-corrected chi connectivity index (χ1v) is 19.7. The molecule has 0 aliphatic carbocycles. The summed E-state index contributed by atoms with van der Waals surface area (Å²) in [5.74, 6) is -14.5. The van der Waals surface area contributed by atoms with Crippen LogP contribution < -0.4 is 14.1 Å². The molecule has 0 spiro atoms. The summed E-state index contributed by atoms with van der Waals surface area (Å²) in [4.78, 5) is 13.3. The highest BCUT2D eigenvalue weighted by molar-refractivity contribution is 7.52. The van der Waals surface area contributed by atoms with Crippen LogP contribution in [0.1, 0.15) is 115 Å². The molecule has 0 aromatic heterocycles. The Bertz CT molecular complexity index is 1470. The second kappa shape index (κ2) is 23.2. The van der Waals surface area contributed by atoms with Crippen LogP contribution in [0, 0.1) is 29.1 Å². The number of carbonyl (C=O) groups is 1. The van der Waals surface area contributed by atoms with Gasteiger partial charge in [0.15, 0.2) is 0 Å². The largest absolute Gasteiger partial charge is 0.513 e. The van der Waals surface area contributed by atoms with Crippen LogP contribution in [-0.2, 0) is 20.5 Å². The van der Waals surface area contributed by atoms with Crippen molar-refractivity contribution in [3.05, 3.63) is 95.3 Å². The minimum atomic E-state index is -5.08. The van der Waals surface area contributed by atoms with Crippen molar-refractivity contribution in [1.29, 1.82) is 0 Å². The molecule has 0 unspecified atom stereocenters. The molecule has 3 aromatic rings. The van der Waals surface area contributed by atoms with Gasteiger partial charge in [-0.25, -0.2) is 17.7 Å². The molecule has 0 radical (unpaired) electrons. The molecule has 2 atom stereocenters. The molecule has 51 heavy (non-hydrogen) atoms. The number of para-hydroxylation sites is 1. The number of rotatable bonds is 26. The van der Waals surface area contributed by atoms with Gasteiger partial charge in [0.25, 0.3) is 0 Å². The van der Waals surface area contributed by atoms with E-state index in [1.807, 2.05) is 0 Å². The summed E-state index contributed by atoms with van der Waals surface area (Å²) in [7, 11) is -5.08. The molecule has 0 aliphatic heterocycles. The number of unbranched alkanes of at least 4 members (excludes halogenated alkanes) is 15. The zero-order chi connectivity index (χ0) is 36.9. The fourth-order valence-electron chi connectivity index (χ4n) is 5.62. The van der Waals surface area contributed by atoms with Gasteiger partial charge in [0.05, 0.1) is 6.61 Å². The van der Waals surface area contributed by atoms with Crippen molar-refractivity contribution in [3.63, 3.8) is 0 Å². The lowest BCUT2D eigenvalue weighted by molar-refractivity contribution is -0.145. The fraction of sp³-hybridized carbons (Fsp3) is 0.513. The van der Waals surface area contributed by atoms with Gasteiger partial charge in [0.1, 0.15) is 11.8 Å². The number of carbonyl (C=O) groups excluding carboxylic acids is 1. The fourth-order valence-corrected chi connectivity index (χ4v) is 7.14. The number of esters is 1. The van der Waals surface area contributed by atoms with E-state index in [2.05, 4.69) is 12.0 Å². The summed E-state index contributed by atoms with van der Waals surface area (Å²) < 4.78 is 101. The first kappa shape index (κ1) is 42.0. The zero-order valence-corrected chi connectivity index (χ0v) is 30.4. The quantitative estimate of drug-likeness (QED) is 0.0221. The smallest absolute Gasteiger partial charge is 0.465 e. The van der Waals surface area contributed by atoms with Crippen LogP contribution >= 0.6 is 7.75 Å². The maximum absolute atomic E-state index is 14.6. The topological polar surface area (TPSA) is 73.9 Å². The maximum Gasteiger partial charge on any atom is 0.513 e. The molecule has 282 valence electrons. The monoisotopic (exact) mass is 739 g/mol. The average molecular weight is 740 g/mol. The second-order valence-electron chi connectivity index (χ2n) is 12.7. The van der Waals surface area contributed by atoms with Crippen molar-refractivity contribution in [1.82, 2.24) is 5.09 Å².